The number of nitrogens with one attached hydrogen (secondary N) is 2. The van der Waals surface area contributed by atoms with Gasteiger partial charge in [0.25, 0.3) is 0 Å². The van der Waals surface area contributed by atoms with Crippen molar-refractivity contribution >= 4 is 51.3 Å². The normalized spacial score (nSPS) is 21.7. The van der Waals surface area contributed by atoms with E-state index in [0.29, 0.717) is 44.9 Å². The van der Waals surface area contributed by atoms with Crippen LogP contribution in [-0.4, -0.2) is 186 Å². The van der Waals surface area contributed by atoms with Crippen LogP contribution in [0.25, 0.3) is 0 Å². The van der Waals surface area contributed by atoms with Crippen LogP contribution in [0, 0.1) is 0 Å². The van der Waals surface area contributed by atoms with Crippen molar-refractivity contribution in [2.45, 2.75) is 461 Å². The van der Waals surface area contributed by atoms with Crippen LogP contribution in [0.4, 0.5) is 0 Å². The summed E-state index contributed by atoms with van der Waals surface area (Å²) < 4.78 is 78.6. The fourth-order valence-electron chi connectivity index (χ4n) is 14.1. The molecule has 0 aliphatic carbocycles. The third-order valence-electron chi connectivity index (χ3n) is 20.5. The fraction of sp³-hybridized carbons (Fsp3) is 0.925. The zero-order valence-corrected chi connectivity index (χ0v) is 69.8. The number of ether oxygens (including phenoxy) is 7. The van der Waals surface area contributed by atoms with Crippen LogP contribution < -0.4 is 10.6 Å². The molecule has 0 bridgehead atoms. The van der Waals surface area contributed by atoms with E-state index in [1.165, 1.54) is 12.8 Å². The number of carbonyl (C=O) groups is 6. The van der Waals surface area contributed by atoms with Crippen molar-refractivity contribution in [1.82, 2.24) is 10.6 Å². The number of aliphatic hydroxyl groups is 5. The lowest BCUT2D eigenvalue weighted by molar-refractivity contribution is -0.296. The zero-order chi connectivity index (χ0) is 81.4. The summed E-state index contributed by atoms with van der Waals surface area (Å²) in [6.45, 7) is 10.4. The van der Waals surface area contributed by atoms with Crippen molar-refractivity contribution in [1.29, 1.82) is 0 Å². The maximum atomic E-state index is 14.8. The Balaban J connectivity index is 2.80. The first kappa shape index (κ1) is 103. The maximum absolute atomic E-state index is 14.8. The standard InChI is InChI=1S/C80H150N2O26P2/c1-7-13-19-25-29-31-35-41-47-53-69(89)101-62(50-44-38-32-27-21-15-9-3)56-67(87)82-73-77(106-71(91)55-61(85)49-43-37-24-18-12-6)75(107-109(94,95)96)65(58-83)103-79(73)100-59-66-74(92)76(105-70(90)54-60(84)48-42-36-23-17-11-5)72(80(104-66)108-110(97,98)99)81-68(88)57-63(51-45-39-33-28-22-16-10-4)102-78(93)64(86)52-46-40-34-30-26-20-14-8-2/h60-66,72-77,79-80,83-86,92H,7-59H2,1-6H3,(H,81,88)(H,82,87)(H2,94,95,96)(H2,97,98,99)/t60-,61-,62-,63-,64+,65-,66-,72-,73-,74-,75-,76-,77-,79-,80-/m1/s1. The van der Waals surface area contributed by atoms with E-state index in [0.717, 1.165) is 205 Å². The molecule has 0 spiro atoms. The number of carbonyl (C=O) groups excluding carboxylic acids is 6. The fourth-order valence-corrected chi connectivity index (χ4v) is 15.1. The Hall–Kier alpha value is -3.28. The summed E-state index contributed by atoms with van der Waals surface area (Å²) in [6, 6.07) is -3.93. The van der Waals surface area contributed by atoms with Gasteiger partial charge in [-0.1, -0.05) is 286 Å². The van der Waals surface area contributed by atoms with E-state index >= 15 is 0 Å². The molecule has 11 N–H and O–H groups in total. The molecule has 2 rings (SSSR count). The maximum Gasteiger partial charge on any atom is 0.472 e. The van der Waals surface area contributed by atoms with Crippen LogP contribution in [0.15, 0.2) is 0 Å². The topological polar surface area (TPSA) is 426 Å². The van der Waals surface area contributed by atoms with Gasteiger partial charge < -0.3 is 88.9 Å². The molecule has 646 valence electrons. The second kappa shape index (κ2) is 62.9. The first-order valence-corrected chi connectivity index (χ1v) is 45.9. The second-order valence-corrected chi connectivity index (χ2v) is 33.1. The largest absolute Gasteiger partial charge is 0.472 e. The first-order valence-electron chi connectivity index (χ1n) is 42.8. The minimum Gasteiger partial charge on any atom is -0.462 e. The Kier molecular flexibility index (Phi) is 58.8. The number of esters is 4. The molecule has 0 aromatic heterocycles. The van der Waals surface area contributed by atoms with Crippen LogP contribution in [-0.2, 0) is 80.1 Å². The number of amides is 2. The molecule has 28 nitrogen and oxygen atoms in total. The number of hydrogen-bond acceptors (Lipinski definition) is 22. The van der Waals surface area contributed by atoms with E-state index in [9.17, 15) is 83.0 Å². The molecule has 2 amide bonds. The van der Waals surface area contributed by atoms with Crippen molar-refractivity contribution in [2.24, 2.45) is 0 Å². The third-order valence-corrected chi connectivity index (χ3v) is 21.5. The van der Waals surface area contributed by atoms with E-state index < -0.39 is 182 Å². The summed E-state index contributed by atoms with van der Waals surface area (Å²) in [4.78, 5) is 127. The van der Waals surface area contributed by atoms with Gasteiger partial charge in [0.2, 0.25) is 11.8 Å². The summed E-state index contributed by atoms with van der Waals surface area (Å²) in [5.41, 5.74) is 0. The monoisotopic (exact) mass is 1620 g/mol. The highest BCUT2D eigenvalue weighted by atomic mass is 31.2. The highest BCUT2D eigenvalue weighted by molar-refractivity contribution is 7.46. The molecule has 30 heteroatoms. The summed E-state index contributed by atoms with van der Waals surface area (Å²) in [5, 5.41) is 62.0. The molecule has 0 aromatic carbocycles. The minimum absolute atomic E-state index is 0.0790. The Morgan fingerprint density at radius 3 is 1.14 bits per heavy atom. The number of rotatable bonds is 70. The molecule has 2 fully saturated rings. The number of phosphoric acid groups is 2. The smallest absolute Gasteiger partial charge is 0.462 e. The average Bonchev–Trinajstić information content (AvgIpc) is 0.779. The van der Waals surface area contributed by atoms with Crippen LogP contribution in [0.1, 0.15) is 369 Å². The molecule has 110 heavy (non-hydrogen) atoms. The number of phosphoric ester groups is 2. The lowest BCUT2D eigenvalue weighted by atomic mass is 9.95. The van der Waals surface area contributed by atoms with Gasteiger partial charge in [-0.25, -0.2) is 13.9 Å². The SMILES string of the molecule is CCCCCCCCCCCC(=O)O[C@H](CCCCCCCCC)CC(=O)N[C@H]1[C@H](OC[C@H]2O[C@H](OP(=O)(O)O)[C@H](NC(=O)C[C@@H](CCCCCCCCC)OC(=O)[C@@H](O)CCCCCCCCCC)[C@@H](OC(=O)C[C@H](O)CCCCCCC)[C@@H]2O)O[C@H](CO)[C@@H](OP(=O)(O)O)[C@@H]1OC(=O)C[C@H](O)CCCCCCC. The molecule has 2 saturated heterocycles. The van der Waals surface area contributed by atoms with E-state index in [4.69, 9.17) is 42.2 Å². The molecule has 15 atom stereocenters. The molecule has 0 aromatic rings. The van der Waals surface area contributed by atoms with Gasteiger partial charge in [0.05, 0.1) is 51.1 Å². The van der Waals surface area contributed by atoms with Gasteiger partial charge in [0, 0.05) is 6.42 Å². The summed E-state index contributed by atoms with van der Waals surface area (Å²) >= 11 is 0. The molecule has 0 radical (unpaired) electrons. The van der Waals surface area contributed by atoms with Crippen molar-refractivity contribution < 1.29 is 125 Å². The van der Waals surface area contributed by atoms with Gasteiger partial charge in [0.1, 0.15) is 48.7 Å². The Morgan fingerprint density at radius 2 is 0.736 bits per heavy atom. The molecule has 2 aliphatic rings. The van der Waals surface area contributed by atoms with Crippen molar-refractivity contribution in [2.75, 3.05) is 13.2 Å². The molecule has 2 heterocycles. The quantitative estimate of drug-likeness (QED) is 0.0117. The van der Waals surface area contributed by atoms with Crippen LogP contribution in [0.2, 0.25) is 0 Å². The van der Waals surface area contributed by atoms with Gasteiger partial charge in [0.15, 0.2) is 30.9 Å². The van der Waals surface area contributed by atoms with Gasteiger partial charge in [-0.05, 0) is 51.4 Å². The van der Waals surface area contributed by atoms with Crippen molar-refractivity contribution in [3.63, 3.8) is 0 Å². The van der Waals surface area contributed by atoms with Gasteiger partial charge in [-0.15, -0.1) is 0 Å². The third kappa shape index (κ3) is 49.6. The van der Waals surface area contributed by atoms with Gasteiger partial charge in [-0.3, -0.25) is 33.0 Å². The van der Waals surface area contributed by atoms with Gasteiger partial charge >= 0.3 is 39.5 Å². The lowest BCUT2D eigenvalue weighted by Crippen LogP contribution is -2.68. The minimum atomic E-state index is -5.73. The van der Waals surface area contributed by atoms with Crippen molar-refractivity contribution in [3.8, 4) is 0 Å². The summed E-state index contributed by atoms with van der Waals surface area (Å²) in [7, 11) is -11.4. The summed E-state index contributed by atoms with van der Waals surface area (Å²) in [5.74, 6) is -5.66. The van der Waals surface area contributed by atoms with E-state index in [-0.39, 0.29) is 38.5 Å². The van der Waals surface area contributed by atoms with Crippen LogP contribution in [0.3, 0.4) is 0 Å². The highest BCUT2D eigenvalue weighted by Gasteiger charge is 2.55. The molecule has 0 saturated carbocycles. The predicted molar refractivity (Wildman–Crippen MR) is 417 cm³/mol. The van der Waals surface area contributed by atoms with E-state index in [2.05, 4.69) is 38.3 Å². The Morgan fingerprint density at radius 1 is 0.391 bits per heavy atom. The Bertz CT molecular complexity index is 2500. The zero-order valence-electron chi connectivity index (χ0n) is 68.0. The van der Waals surface area contributed by atoms with Gasteiger partial charge in [-0.2, -0.15) is 0 Å². The lowest BCUT2D eigenvalue weighted by Gasteiger charge is -2.47. The predicted octanol–water partition coefficient (Wildman–Crippen LogP) is 14.1. The molecular formula is C80H150N2O26P2. The first-order chi connectivity index (χ1) is 52.7. The summed E-state index contributed by atoms with van der Waals surface area (Å²) in [6.07, 6.45) is 12.9. The molecular weight excluding hydrogens is 1470 g/mol. The molecule has 0 unspecified atom stereocenters. The van der Waals surface area contributed by atoms with Crippen LogP contribution >= 0.6 is 15.6 Å². The number of unbranched alkanes of at least 4 members (excludes halogenated alkanes) is 35. The molecule has 2 aliphatic heterocycles. The van der Waals surface area contributed by atoms with E-state index in [1.54, 1.807) is 0 Å². The highest BCUT2D eigenvalue weighted by Crippen LogP contribution is 2.44. The second-order valence-electron chi connectivity index (χ2n) is 30.7. The Labute approximate surface area is 658 Å². The van der Waals surface area contributed by atoms with Crippen LogP contribution in [0.5, 0.6) is 0 Å². The number of hydrogen-bond donors (Lipinski definition) is 11. The van der Waals surface area contributed by atoms with Crippen molar-refractivity contribution in [3.05, 3.63) is 0 Å². The average molecular weight is 1620 g/mol. The van der Waals surface area contributed by atoms with E-state index in [1.807, 2.05) is 13.8 Å². The number of aliphatic hydroxyl groups excluding tert-OH is 5.